The second-order valence-electron chi connectivity index (χ2n) is 4.43. The Morgan fingerprint density at radius 3 is 2.71 bits per heavy atom. The highest BCUT2D eigenvalue weighted by Crippen LogP contribution is 2.17. The van der Waals surface area contributed by atoms with Crippen LogP contribution in [-0.4, -0.2) is 37.7 Å². The summed E-state index contributed by atoms with van der Waals surface area (Å²) in [6.45, 7) is 5.06. The van der Waals surface area contributed by atoms with Crippen molar-refractivity contribution in [3.8, 4) is 0 Å². The van der Waals surface area contributed by atoms with Gasteiger partial charge in [-0.2, -0.15) is 5.10 Å². The second kappa shape index (κ2) is 4.75. The maximum Gasteiger partial charge on any atom is 0.244 e. The molecule has 3 N–H and O–H groups in total. The number of aromatic amines is 1. The molecule has 0 aromatic carbocycles. The average molecular weight is 258 g/mol. The van der Waals surface area contributed by atoms with Crippen LogP contribution >= 0.6 is 0 Å². The number of aromatic nitrogens is 2. The Morgan fingerprint density at radius 1 is 1.41 bits per heavy atom. The van der Waals surface area contributed by atoms with Gasteiger partial charge in [0, 0.05) is 12.6 Å². The molecule has 1 aromatic rings. The van der Waals surface area contributed by atoms with Crippen molar-refractivity contribution in [1.29, 1.82) is 0 Å². The molecule has 1 unspecified atom stereocenters. The third-order valence-electron chi connectivity index (χ3n) is 2.95. The summed E-state index contributed by atoms with van der Waals surface area (Å²) in [5.74, 6) is 0. The van der Waals surface area contributed by atoms with Gasteiger partial charge in [-0.1, -0.05) is 0 Å². The summed E-state index contributed by atoms with van der Waals surface area (Å²) < 4.78 is 27.1. The molecule has 1 aliphatic rings. The first-order chi connectivity index (χ1) is 8.00. The maximum absolute atomic E-state index is 12.2. The number of sulfonamides is 1. The van der Waals surface area contributed by atoms with E-state index in [4.69, 9.17) is 0 Å². The molecule has 6 nitrogen and oxygen atoms in total. The normalized spacial score (nSPS) is 21.6. The van der Waals surface area contributed by atoms with E-state index >= 15 is 0 Å². The summed E-state index contributed by atoms with van der Waals surface area (Å²) in [6, 6.07) is -0.0255. The van der Waals surface area contributed by atoms with Gasteiger partial charge in [0.1, 0.15) is 4.90 Å². The van der Waals surface area contributed by atoms with Gasteiger partial charge in [0.2, 0.25) is 10.0 Å². The van der Waals surface area contributed by atoms with E-state index in [0.717, 1.165) is 19.4 Å². The number of aryl methyl sites for hydroxylation is 2. The van der Waals surface area contributed by atoms with Crippen LogP contribution in [0.4, 0.5) is 0 Å². The van der Waals surface area contributed by atoms with E-state index in [9.17, 15) is 8.42 Å². The summed E-state index contributed by atoms with van der Waals surface area (Å²) in [4.78, 5) is 0.281. The topological polar surface area (TPSA) is 86.9 Å². The molecule has 0 amide bonds. The summed E-state index contributed by atoms with van der Waals surface area (Å²) in [6.07, 6.45) is 1.87. The average Bonchev–Trinajstić information content (AvgIpc) is 2.59. The van der Waals surface area contributed by atoms with E-state index in [2.05, 4.69) is 20.2 Å². The molecule has 2 heterocycles. The number of nitrogens with zero attached hydrogens (tertiary/aromatic N) is 1. The van der Waals surface area contributed by atoms with Gasteiger partial charge in [0.05, 0.1) is 11.4 Å². The Kier molecular flexibility index (Phi) is 3.50. The van der Waals surface area contributed by atoms with Gasteiger partial charge < -0.3 is 5.32 Å². The first-order valence-electron chi connectivity index (χ1n) is 5.75. The molecular formula is C10H18N4O2S. The van der Waals surface area contributed by atoms with Crippen LogP contribution < -0.4 is 10.0 Å². The van der Waals surface area contributed by atoms with Crippen LogP contribution in [0.5, 0.6) is 0 Å². The fraction of sp³-hybridized carbons (Fsp3) is 0.700. The highest BCUT2D eigenvalue weighted by atomic mass is 32.2. The zero-order valence-electron chi connectivity index (χ0n) is 10.1. The standard InChI is InChI=1S/C10H18N4O2S/c1-7-10(8(2)13-12-7)17(15,16)14-9-4-3-5-11-6-9/h9,11,14H,3-6H2,1-2H3,(H,12,13). The minimum Gasteiger partial charge on any atom is -0.315 e. The Morgan fingerprint density at radius 2 is 2.18 bits per heavy atom. The number of hydrogen-bond donors (Lipinski definition) is 3. The molecule has 0 aliphatic carbocycles. The Labute approximate surface area is 101 Å². The lowest BCUT2D eigenvalue weighted by Crippen LogP contribution is -2.45. The van der Waals surface area contributed by atoms with E-state index in [1.807, 2.05) is 0 Å². The number of piperidine rings is 1. The van der Waals surface area contributed by atoms with Crippen LogP contribution in [0, 0.1) is 13.8 Å². The van der Waals surface area contributed by atoms with Gasteiger partial charge >= 0.3 is 0 Å². The zero-order chi connectivity index (χ0) is 12.5. The molecule has 0 saturated carbocycles. The molecule has 0 radical (unpaired) electrons. The second-order valence-corrected chi connectivity index (χ2v) is 6.08. The fourth-order valence-electron chi connectivity index (χ4n) is 2.17. The van der Waals surface area contributed by atoms with Crippen molar-refractivity contribution < 1.29 is 8.42 Å². The first kappa shape index (κ1) is 12.5. The van der Waals surface area contributed by atoms with E-state index < -0.39 is 10.0 Å². The van der Waals surface area contributed by atoms with E-state index in [1.165, 1.54) is 0 Å². The molecular weight excluding hydrogens is 240 g/mol. The molecule has 1 aromatic heterocycles. The smallest absolute Gasteiger partial charge is 0.244 e. The molecule has 2 rings (SSSR count). The highest BCUT2D eigenvalue weighted by molar-refractivity contribution is 7.89. The SMILES string of the molecule is Cc1n[nH]c(C)c1S(=O)(=O)NC1CCCNC1. The Balaban J connectivity index is 2.19. The van der Waals surface area contributed by atoms with Gasteiger partial charge in [0.15, 0.2) is 0 Å². The largest absolute Gasteiger partial charge is 0.315 e. The van der Waals surface area contributed by atoms with Crippen LogP contribution in [0.1, 0.15) is 24.2 Å². The van der Waals surface area contributed by atoms with Crippen molar-refractivity contribution in [3.63, 3.8) is 0 Å². The lowest BCUT2D eigenvalue weighted by atomic mass is 10.1. The maximum atomic E-state index is 12.2. The van der Waals surface area contributed by atoms with Crippen LogP contribution in [0.3, 0.4) is 0 Å². The van der Waals surface area contributed by atoms with E-state index in [-0.39, 0.29) is 10.9 Å². The lowest BCUT2D eigenvalue weighted by Gasteiger charge is -2.23. The minimum atomic E-state index is -3.46. The van der Waals surface area contributed by atoms with Gasteiger partial charge in [-0.15, -0.1) is 0 Å². The monoisotopic (exact) mass is 258 g/mol. The highest BCUT2D eigenvalue weighted by Gasteiger charge is 2.26. The van der Waals surface area contributed by atoms with Gasteiger partial charge in [-0.05, 0) is 33.2 Å². The van der Waals surface area contributed by atoms with Crippen molar-refractivity contribution in [3.05, 3.63) is 11.4 Å². The molecule has 1 saturated heterocycles. The van der Waals surface area contributed by atoms with Crippen LogP contribution in [-0.2, 0) is 10.0 Å². The van der Waals surface area contributed by atoms with Crippen molar-refractivity contribution in [1.82, 2.24) is 20.2 Å². The third kappa shape index (κ3) is 2.67. The summed E-state index contributed by atoms with van der Waals surface area (Å²) in [7, 11) is -3.46. The number of hydrogen-bond acceptors (Lipinski definition) is 4. The van der Waals surface area contributed by atoms with Gasteiger partial charge in [-0.25, -0.2) is 13.1 Å². The number of rotatable bonds is 3. The molecule has 1 fully saturated rings. The van der Waals surface area contributed by atoms with Crippen LogP contribution in [0.2, 0.25) is 0 Å². The number of H-pyrrole nitrogens is 1. The molecule has 1 atom stereocenters. The predicted molar refractivity (Wildman–Crippen MR) is 64.3 cm³/mol. The molecule has 7 heteroatoms. The Hall–Kier alpha value is -0.920. The fourth-order valence-corrected chi connectivity index (χ4v) is 3.81. The molecule has 17 heavy (non-hydrogen) atoms. The van der Waals surface area contributed by atoms with Crippen LogP contribution in [0.15, 0.2) is 4.90 Å². The summed E-state index contributed by atoms with van der Waals surface area (Å²) >= 11 is 0. The van der Waals surface area contributed by atoms with Crippen LogP contribution in [0.25, 0.3) is 0 Å². The van der Waals surface area contributed by atoms with Gasteiger partial charge in [0.25, 0.3) is 0 Å². The van der Waals surface area contributed by atoms with Crippen molar-refractivity contribution in [2.45, 2.75) is 37.6 Å². The summed E-state index contributed by atoms with van der Waals surface area (Å²) in [5.41, 5.74) is 1.09. The number of nitrogens with one attached hydrogen (secondary N) is 3. The lowest BCUT2D eigenvalue weighted by molar-refractivity contribution is 0.428. The molecule has 1 aliphatic heterocycles. The third-order valence-corrected chi connectivity index (χ3v) is 4.73. The van der Waals surface area contributed by atoms with Crippen molar-refractivity contribution >= 4 is 10.0 Å². The van der Waals surface area contributed by atoms with Crippen molar-refractivity contribution in [2.24, 2.45) is 0 Å². The molecule has 0 spiro atoms. The molecule has 96 valence electrons. The van der Waals surface area contributed by atoms with E-state index in [0.29, 0.717) is 17.9 Å². The minimum absolute atomic E-state index is 0.0255. The van der Waals surface area contributed by atoms with Crippen molar-refractivity contribution in [2.75, 3.05) is 13.1 Å². The molecule has 0 bridgehead atoms. The predicted octanol–water partition coefficient (Wildman–Crippen LogP) is 0.0568. The van der Waals surface area contributed by atoms with E-state index in [1.54, 1.807) is 13.8 Å². The first-order valence-corrected chi connectivity index (χ1v) is 7.23. The zero-order valence-corrected chi connectivity index (χ0v) is 10.9. The summed E-state index contributed by atoms with van der Waals surface area (Å²) in [5, 5.41) is 9.79. The Bertz CT molecular complexity index is 469. The quantitative estimate of drug-likeness (QED) is 0.715. The van der Waals surface area contributed by atoms with Gasteiger partial charge in [-0.3, -0.25) is 5.10 Å².